The van der Waals surface area contributed by atoms with E-state index in [9.17, 15) is 0 Å². The van der Waals surface area contributed by atoms with Gasteiger partial charge in [0.05, 0.1) is 11.4 Å². The Morgan fingerprint density at radius 2 is 1.87 bits per heavy atom. The molecule has 0 spiro atoms. The first-order valence-electron chi connectivity index (χ1n) is 10.9. The summed E-state index contributed by atoms with van der Waals surface area (Å²) in [7, 11) is 0. The third-order valence-electron chi connectivity index (χ3n) is 6.16. The Labute approximate surface area is 183 Å². The van der Waals surface area contributed by atoms with Crippen molar-refractivity contribution in [1.82, 2.24) is 19.6 Å². The maximum atomic E-state index is 4.92. The van der Waals surface area contributed by atoms with Crippen molar-refractivity contribution in [2.24, 2.45) is 11.3 Å². The van der Waals surface area contributed by atoms with Gasteiger partial charge in [0.2, 0.25) is 0 Å². The van der Waals surface area contributed by atoms with Crippen LogP contribution in [0.2, 0.25) is 0 Å². The number of anilines is 3. The number of pyridine rings is 1. The molecule has 6 nitrogen and oxygen atoms in total. The van der Waals surface area contributed by atoms with Crippen molar-refractivity contribution in [3.63, 3.8) is 0 Å². The lowest BCUT2D eigenvalue weighted by molar-refractivity contribution is 0.263. The minimum Gasteiger partial charge on any atom is -0.356 e. The van der Waals surface area contributed by atoms with Crippen molar-refractivity contribution in [2.75, 3.05) is 23.3 Å². The van der Waals surface area contributed by atoms with Crippen LogP contribution in [0.25, 0.3) is 16.9 Å². The van der Waals surface area contributed by atoms with Gasteiger partial charge in [-0.3, -0.25) is 0 Å². The van der Waals surface area contributed by atoms with E-state index in [1.165, 1.54) is 6.42 Å². The smallest absolute Gasteiger partial charge is 0.177 e. The fourth-order valence-corrected chi connectivity index (χ4v) is 4.24. The number of hydrogen-bond acceptors (Lipinski definition) is 5. The van der Waals surface area contributed by atoms with Crippen LogP contribution in [0.15, 0.2) is 67.0 Å². The number of aromatic nitrogens is 4. The number of nitrogens with zero attached hydrogens (tertiary/aromatic N) is 5. The standard InChI is InChI=1S/C25H28N6/c1-25(2,3)19-12-14-30(17-19)23-11-7-10-22(28-23)27-21-16-20(18-8-5-4-6-9-18)29-31-15-13-26-24(21)31/h4-11,13,15-16,19H,12,14,17H2,1-3H3,(H,27,28). The van der Waals surface area contributed by atoms with Crippen molar-refractivity contribution in [2.45, 2.75) is 27.2 Å². The minimum atomic E-state index is 0.321. The molecule has 1 saturated heterocycles. The zero-order valence-electron chi connectivity index (χ0n) is 18.3. The SMILES string of the molecule is CC(C)(C)C1CCN(c2cccc(Nc3cc(-c4ccccc4)nn4ccnc34)n2)C1. The van der Waals surface area contributed by atoms with Crippen LogP contribution in [0.1, 0.15) is 27.2 Å². The molecule has 0 bridgehead atoms. The lowest BCUT2D eigenvalue weighted by Crippen LogP contribution is -2.26. The zero-order chi connectivity index (χ0) is 21.4. The van der Waals surface area contributed by atoms with Crippen molar-refractivity contribution in [3.8, 4) is 11.3 Å². The van der Waals surface area contributed by atoms with Crippen LogP contribution in [-0.4, -0.2) is 32.7 Å². The van der Waals surface area contributed by atoms with Crippen molar-refractivity contribution in [1.29, 1.82) is 0 Å². The summed E-state index contributed by atoms with van der Waals surface area (Å²) in [6, 6.07) is 18.4. The Hall–Kier alpha value is -3.41. The molecule has 4 aromatic rings. The molecule has 0 saturated carbocycles. The third-order valence-corrected chi connectivity index (χ3v) is 6.16. The second-order valence-corrected chi connectivity index (χ2v) is 9.31. The Bertz CT molecular complexity index is 1190. The quantitative estimate of drug-likeness (QED) is 0.486. The highest BCUT2D eigenvalue weighted by atomic mass is 15.3. The number of rotatable bonds is 4. The van der Waals surface area contributed by atoms with Gasteiger partial charge in [0.15, 0.2) is 5.65 Å². The molecule has 1 unspecified atom stereocenters. The first kappa shape index (κ1) is 19.5. The van der Waals surface area contributed by atoms with Gasteiger partial charge in [-0.25, -0.2) is 14.5 Å². The molecule has 6 heteroatoms. The van der Waals surface area contributed by atoms with Gasteiger partial charge in [0.25, 0.3) is 0 Å². The van der Waals surface area contributed by atoms with E-state index in [2.05, 4.69) is 60.2 Å². The van der Waals surface area contributed by atoms with Crippen LogP contribution in [0.3, 0.4) is 0 Å². The van der Waals surface area contributed by atoms with Gasteiger partial charge in [-0.1, -0.05) is 57.2 Å². The topological polar surface area (TPSA) is 58.4 Å². The van der Waals surface area contributed by atoms with Crippen molar-refractivity contribution in [3.05, 3.63) is 67.0 Å². The number of benzene rings is 1. The van der Waals surface area contributed by atoms with Gasteiger partial charge in [0, 0.05) is 31.0 Å². The second-order valence-electron chi connectivity index (χ2n) is 9.31. The average Bonchev–Trinajstić information content (AvgIpc) is 3.44. The molecule has 5 rings (SSSR count). The van der Waals surface area contributed by atoms with Gasteiger partial charge in [-0.05, 0) is 36.0 Å². The molecule has 3 aromatic heterocycles. The molecular formula is C25H28N6. The molecule has 4 heterocycles. The van der Waals surface area contributed by atoms with Crippen molar-refractivity contribution >= 4 is 23.0 Å². The second kappa shape index (κ2) is 7.69. The molecule has 1 fully saturated rings. The predicted octanol–water partition coefficient (Wildman–Crippen LogP) is 5.41. The summed E-state index contributed by atoms with van der Waals surface area (Å²) < 4.78 is 1.81. The lowest BCUT2D eigenvalue weighted by Gasteiger charge is -2.27. The Balaban J connectivity index is 1.44. The highest BCUT2D eigenvalue weighted by molar-refractivity contribution is 5.77. The van der Waals surface area contributed by atoms with Crippen LogP contribution < -0.4 is 10.2 Å². The van der Waals surface area contributed by atoms with E-state index in [1.807, 2.05) is 41.0 Å². The van der Waals surface area contributed by atoms with Crippen LogP contribution >= 0.6 is 0 Å². The van der Waals surface area contributed by atoms with Gasteiger partial charge >= 0.3 is 0 Å². The first-order chi connectivity index (χ1) is 15.0. The summed E-state index contributed by atoms with van der Waals surface area (Å²) in [6.07, 6.45) is 4.85. The fourth-order valence-electron chi connectivity index (χ4n) is 4.24. The summed E-state index contributed by atoms with van der Waals surface area (Å²) in [5, 5.41) is 8.19. The highest BCUT2D eigenvalue weighted by Crippen LogP contribution is 2.35. The van der Waals surface area contributed by atoms with Crippen LogP contribution in [0.5, 0.6) is 0 Å². The summed E-state index contributed by atoms with van der Waals surface area (Å²) in [6.45, 7) is 9.09. The number of nitrogens with one attached hydrogen (secondary N) is 1. The molecule has 1 aliphatic rings. The predicted molar refractivity (Wildman–Crippen MR) is 126 cm³/mol. The molecule has 31 heavy (non-hydrogen) atoms. The number of hydrogen-bond donors (Lipinski definition) is 1. The van der Waals surface area contributed by atoms with Gasteiger partial charge in [0.1, 0.15) is 11.6 Å². The summed E-state index contributed by atoms with van der Waals surface area (Å²) in [4.78, 5) is 11.8. The molecule has 1 aromatic carbocycles. The summed E-state index contributed by atoms with van der Waals surface area (Å²) in [5.74, 6) is 2.52. The third kappa shape index (κ3) is 3.98. The Kier molecular flexibility index (Phi) is 4.85. The summed E-state index contributed by atoms with van der Waals surface area (Å²) in [5.41, 5.74) is 3.94. The highest BCUT2D eigenvalue weighted by Gasteiger charge is 2.32. The largest absolute Gasteiger partial charge is 0.356 e. The van der Waals surface area contributed by atoms with Gasteiger partial charge in [-0.2, -0.15) is 5.10 Å². The molecule has 0 aliphatic carbocycles. The normalized spacial score (nSPS) is 16.7. The van der Waals surface area contributed by atoms with Crippen LogP contribution in [-0.2, 0) is 0 Å². The van der Waals surface area contributed by atoms with E-state index >= 15 is 0 Å². The molecule has 1 aliphatic heterocycles. The monoisotopic (exact) mass is 412 g/mol. The van der Waals surface area contributed by atoms with E-state index < -0.39 is 0 Å². The fraction of sp³-hybridized carbons (Fsp3) is 0.320. The van der Waals surface area contributed by atoms with Crippen molar-refractivity contribution < 1.29 is 0 Å². The van der Waals surface area contributed by atoms with Gasteiger partial charge in [-0.15, -0.1) is 0 Å². The Morgan fingerprint density at radius 3 is 2.65 bits per heavy atom. The maximum absolute atomic E-state index is 4.92. The van der Waals surface area contributed by atoms with Crippen LogP contribution in [0.4, 0.5) is 17.3 Å². The van der Waals surface area contributed by atoms with E-state index in [0.717, 1.165) is 47.3 Å². The van der Waals surface area contributed by atoms with Gasteiger partial charge < -0.3 is 10.2 Å². The number of imidazole rings is 1. The lowest BCUT2D eigenvalue weighted by atomic mass is 9.80. The molecule has 1 atom stereocenters. The average molecular weight is 413 g/mol. The van der Waals surface area contributed by atoms with E-state index in [4.69, 9.17) is 10.1 Å². The molecule has 0 amide bonds. The van der Waals surface area contributed by atoms with E-state index in [-0.39, 0.29) is 0 Å². The first-order valence-corrected chi connectivity index (χ1v) is 10.9. The molecule has 0 radical (unpaired) electrons. The molecular weight excluding hydrogens is 384 g/mol. The van der Waals surface area contributed by atoms with E-state index in [0.29, 0.717) is 11.3 Å². The minimum absolute atomic E-state index is 0.321. The van der Waals surface area contributed by atoms with Crippen LogP contribution in [0, 0.1) is 11.3 Å². The summed E-state index contributed by atoms with van der Waals surface area (Å²) >= 11 is 0. The molecule has 1 N–H and O–H groups in total. The maximum Gasteiger partial charge on any atom is 0.177 e. The zero-order valence-corrected chi connectivity index (χ0v) is 18.3. The Morgan fingerprint density at radius 1 is 1.03 bits per heavy atom. The van der Waals surface area contributed by atoms with E-state index in [1.54, 1.807) is 6.20 Å². The molecule has 158 valence electrons. The number of fused-ring (bicyclic) bond motifs is 1.